The summed E-state index contributed by atoms with van der Waals surface area (Å²) in [7, 11) is -2.83. The summed E-state index contributed by atoms with van der Waals surface area (Å²) in [5.74, 6) is 0. The quantitative estimate of drug-likeness (QED) is 0.764. The predicted octanol–water partition coefficient (Wildman–Crippen LogP) is 4.62. The summed E-state index contributed by atoms with van der Waals surface area (Å²) < 4.78 is 20.5. The van der Waals surface area contributed by atoms with Crippen molar-refractivity contribution in [3.05, 3.63) is 72.1 Å². The normalized spacial score (nSPS) is 20.1. The first-order valence-corrected chi connectivity index (χ1v) is 10.5. The van der Waals surface area contributed by atoms with Gasteiger partial charge in [-0.15, -0.1) is 0 Å². The SMILES string of the molecule is O=P(C1=CC2(CCCCC2)OC1)(c1ccccc1)c1ccccc1. The Balaban J connectivity index is 1.83. The molecule has 3 heteroatoms. The zero-order valence-electron chi connectivity index (χ0n) is 13.9. The van der Waals surface area contributed by atoms with Crippen molar-refractivity contribution in [1.29, 1.82) is 0 Å². The molecule has 24 heavy (non-hydrogen) atoms. The van der Waals surface area contributed by atoms with Crippen molar-refractivity contribution < 1.29 is 9.30 Å². The van der Waals surface area contributed by atoms with Crippen LogP contribution in [-0.2, 0) is 9.30 Å². The van der Waals surface area contributed by atoms with Crippen molar-refractivity contribution in [2.24, 2.45) is 0 Å². The van der Waals surface area contributed by atoms with E-state index in [1.54, 1.807) is 0 Å². The number of hydrogen-bond donors (Lipinski definition) is 0. The molecule has 124 valence electrons. The Kier molecular flexibility index (Phi) is 4.20. The van der Waals surface area contributed by atoms with Crippen molar-refractivity contribution in [3.63, 3.8) is 0 Å². The third-order valence-electron chi connectivity index (χ3n) is 5.28. The van der Waals surface area contributed by atoms with Gasteiger partial charge in [0, 0.05) is 15.9 Å². The van der Waals surface area contributed by atoms with Crippen molar-refractivity contribution in [1.82, 2.24) is 0 Å². The predicted molar refractivity (Wildman–Crippen MR) is 99.6 cm³/mol. The van der Waals surface area contributed by atoms with Crippen LogP contribution in [0.1, 0.15) is 32.1 Å². The minimum Gasteiger partial charge on any atom is -0.366 e. The molecule has 0 saturated heterocycles. The lowest BCUT2D eigenvalue weighted by atomic mass is 9.85. The van der Waals surface area contributed by atoms with Gasteiger partial charge in [0.05, 0.1) is 12.2 Å². The zero-order chi connectivity index (χ0) is 16.5. The van der Waals surface area contributed by atoms with E-state index in [0.29, 0.717) is 6.61 Å². The second-order valence-corrected chi connectivity index (χ2v) is 9.66. The van der Waals surface area contributed by atoms with Gasteiger partial charge in [-0.1, -0.05) is 79.9 Å². The Morgan fingerprint density at radius 1 is 0.792 bits per heavy atom. The van der Waals surface area contributed by atoms with Gasteiger partial charge < -0.3 is 9.30 Å². The molecule has 0 aromatic heterocycles. The summed E-state index contributed by atoms with van der Waals surface area (Å²) in [5, 5.41) is 2.78. The summed E-state index contributed by atoms with van der Waals surface area (Å²) >= 11 is 0. The molecule has 2 aromatic rings. The van der Waals surface area contributed by atoms with Crippen molar-refractivity contribution in [2.75, 3.05) is 6.61 Å². The van der Waals surface area contributed by atoms with Crippen LogP contribution >= 0.6 is 7.14 Å². The van der Waals surface area contributed by atoms with Crippen LogP contribution in [0.3, 0.4) is 0 Å². The topological polar surface area (TPSA) is 26.3 Å². The third-order valence-corrected chi connectivity index (χ3v) is 8.40. The van der Waals surface area contributed by atoms with Crippen LogP contribution in [0.4, 0.5) is 0 Å². The van der Waals surface area contributed by atoms with Crippen LogP contribution in [0.2, 0.25) is 0 Å². The fraction of sp³-hybridized carbons (Fsp3) is 0.333. The maximum absolute atomic E-state index is 14.3. The average molecular weight is 338 g/mol. The lowest BCUT2D eigenvalue weighted by molar-refractivity contribution is -0.00297. The van der Waals surface area contributed by atoms with Gasteiger partial charge in [-0.2, -0.15) is 0 Å². The minimum absolute atomic E-state index is 0.174. The fourth-order valence-electron chi connectivity index (χ4n) is 3.98. The summed E-state index contributed by atoms with van der Waals surface area (Å²) in [6, 6.07) is 19.8. The number of rotatable bonds is 3. The smallest absolute Gasteiger partial charge is 0.169 e. The second-order valence-electron chi connectivity index (χ2n) is 6.83. The molecule has 4 rings (SSSR count). The molecule has 2 aliphatic rings. The molecule has 0 unspecified atom stereocenters. The maximum Gasteiger partial charge on any atom is 0.169 e. The Morgan fingerprint density at radius 2 is 1.33 bits per heavy atom. The first-order valence-electron chi connectivity index (χ1n) is 8.81. The molecular formula is C21H23O2P. The molecule has 1 saturated carbocycles. The molecule has 2 nitrogen and oxygen atoms in total. The molecule has 0 amide bonds. The summed E-state index contributed by atoms with van der Waals surface area (Å²) in [6.07, 6.45) is 8.01. The molecule has 1 aliphatic carbocycles. The van der Waals surface area contributed by atoms with Crippen molar-refractivity contribution >= 4 is 17.8 Å². The molecule has 0 atom stereocenters. The Bertz CT molecular complexity index is 731. The van der Waals surface area contributed by atoms with E-state index >= 15 is 0 Å². The van der Waals surface area contributed by atoms with E-state index in [1.807, 2.05) is 60.7 Å². The molecule has 2 aromatic carbocycles. The molecule has 0 bridgehead atoms. The maximum atomic E-state index is 14.3. The highest BCUT2D eigenvalue weighted by Crippen LogP contribution is 2.56. The van der Waals surface area contributed by atoms with Gasteiger partial charge in [0.2, 0.25) is 0 Å². The van der Waals surface area contributed by atoms with Crippen molar-refractivity contribution in [2.45, 2.75) is 37.7 Å². The van der Waals surface area contributed by atoms with E-state index in [-0.39, 0.29) is 5.60 Å². The van der Waals surface area contributed by atoms with Crippen LogP contribution in [-0.4, -0.2) is 12.2 Å². The van der Waals surface area contributed by atoms with Crippen LogP contribution in [0.25, 0.3) is 0 Å². The Morgan fingerprint density at radius 3 is 1.88 bits per heavy atom. The first-order chi connectivity index (χ1) is 11.7. The van der Waals surface area contributed by atoms with Gasteiger partial charge in [-0.05, 0) is 18.9 Å². The highest BCUT2D eigenvalue weighted by Gasteiger charge is 2.42. The van der Waals surface area contributed by atoms with Crippen LogP contribution in [0.5, 0.6) is 0 Å². The monoisotopic (exact) mass is 338 g/mol. The van der Waals surface area contributed by atoms with E-state index in [9.17, 15) is 4.57 Å². The summed E-state index contributed by atoms with van der Waals surface area (Å²) in [6.45, 7) is 0.487. The molecule has 1 heterocycles. The molecule has 1 fully saturated rings. The summed E-state index contributed by atoms with van der Waals surface area (Å²) in [5.41, 5.74) is -0.174. The molecule has 0 N–H and O–H groups in total. The van der Waals surface area contributed by atoms with Gasteiger partial charge in [0.15, 0.2) is 7.14 Å². The van der Waals surface area contributed by atoms with E-state index < -0.39 is 7.14 Å². The molecular weight excluding hydrogens is 315 g/mol. The number of ether oxygens (including phenoxy) is 1. The standard InChI is InChI=1S/C21H23O2P/c22-24(18-10-4-1-5-11-18,19-12-6-2-7-13-19)20-16-21(23-17-20)14-8-3-9-15-21/h1-2,4-7,10-13,16H,3,8-9,14-15,17H2. The summed E-state index contributed by atoms with van der Waals surface area (Å²) in [4.78, 5) is 0. The van der Waals surface area contributed by atoms with Gasteiger partial charge in [-0.3, -0.25) is 0 Å². The van der Waals surface area contributed by atoms with Crippen molar-refractivity contribution in [3.8, 4) is 0 Å². The lowest BCUT2D eigenvalue weighted by Crippen LogP contribution is -2.29. The van der Waals surface area contributed by atoms with Crippen LogP contribution in [0, 0.1) is 0 Å². The average Bonchev–Trinajstić information content (AvgIpc) is 3.07. The molecule has 1 spiro atoms. The Hall–Kier alpha value is -1.63. The van der Waals surface area contributed by atoms with Crippen LogP contribution < -0.4 is 10.6 Å². The Labute approximate surface area is 143 Å². The fourth-order valence-corrected chi connectivity index (χ4v) is 6.79. The minimum atomic E-state index is -2.83. The molecule has 1 aliphatic heterocycles. The van der Waals surface area contributed by atoms with E-state index in [0.717, 1.165) is 28.8 Å². The third kappa shape index (κ3) is 2.68. The van der Waals surface area contributed by atoms with E-state index in [1.165, 1.54) is 19.3 Å². The highest BCUT2D eigenvalue weighted by molar-refractivity contribution is 7.82. The zero-order valence-corrected chi connectivity index (χ0v) is 14.8. The van der Waals surface area contributed by atoms with Gasteiger partial charge >= 0.3 is 0 Å². The molecule has 0 radical (unpaired) electrons. The number of hydrogen-bond acceptors (Lipinski definition) is 2. The van der Waals surface area contributed by atoms with Gasteiger partial charge in [0.1, 0.15) is 0 Å². The largest absolute Gasteiger partial charge is 0.366 e. The first kappa shape index (κ1) is 15.9. The van der Waals surface area contributed by atoms with Crippen LogP contribution in [0.15, 0.2) is 72.1 Å². The van der Waals surface area contributed by atoms with E-state index in [2.05, 4.69) is 6.08 Å². The van der Waals surface area contributed by atoms with Gasteiger partial charge in [0.25, 0.3) is 0 Å². The lowest BCUT2D eigenvalue weighted by Gasteiger charge is -2.30. The van der Waals surface area contributed by atoms with Gasteiger partial charge in [-0.25, -0.2) is 0 Å². The highest BCUT2D eigenvalue weighted by atomic mass is 31.2. The second kappa shape index (κ2) is 6.35. The number of benzene rings is 2. The van der Waals surface area contributed by atoms with E-state index in [4.69, 9.17) is 4.74 Å².